The number of phenols is 1. The van der Waals surface area contributed by atoms with Crippen molar-refractivity contribution in [3.63, 3.8) is 0 Å². The summed E-state index contributed by atoms with van der Waals surface area (Å²) in [6.07, 6.45) is 1.54. The molecule has 4 aromatic rings. The Hall–Kier alpha value is -3.71. The first-order chi connectivity index (χ1) is 14.5. The third-order valence-corrected chi connectivity index (χ3v) is 4.64. The van der Waals surface area contributed by atoms with Crippen molar-refractivity contribution in [2.75, 3.05) is 7.11 Å². The van der Waals surface area contributed by atoms with E-state index in [0.717, 1.165) is 0 Å². The standard InChI is InChI=1S/C22H17ClN2O5/c1-28-19-7-5-14(10-18(19)23)25-22-17(21(27)24-12-16-3-2-8-29-16)9-13-4-6-15(26)11-20(13)30-22/h2-11,26H,12H2,1H3,(H,24,27). The fraction of sp³-hybridized carbons (Fsp3) is 0.0909. The molecule has 0 fully saturated rings. The molecular formula is C22H17ClN2O5. The molecule has 0 saturated carbocycles. The maximum absolute atomic E-state index is 12.9. The Balaban J connectivity index is 1.79. The maximum atomic E-state index is 12.9. The Bertz CT molecular complexity index is 1280. The molecule has 2 aromatic heterocycles. The number of ether oxygens (including phenoxy) is 1. The van der Waals surface area contributed by atoms with E-state index in [9.17, 15) is 9.90 Å². The molecule has 0 aliphatic heterocycles. The number of fused-ring (bicyclic) bond motifs is 1. The summed E-state index contributed by atoms with van der Waals surface area (Å²) in [7, 11) is 1.52. The Kier molecular flexibility index (Phi) is 5.45. The lowest BCUT2D eigenvalue weighted by Gasteiger charge is -2.07. The van der Waals surface area contributed by atoms with Crippen LogP contribution in [0.3, 0.4) is 0 Å². The van der Waals surface area contributed by atoms with Crippen molar-refractivity contribution in [3.8, 4) is 11.5 Å². The van der Waals surface area contributed by atoms with Gasteiger partial charge in [-0.25, -0.2) is 4.99 Å². The largest absolute Gasteiger partial charge is 0.508 e. The third-order valence-electron chi connectivity index (χ3n) is 4.35. The molecule has 0 saturated heterocycles. The lowest BCUT2D eigenvalue weighted by Crippen LogP contribution is -2.28. The van der Waals surface area contributed by atoms with E-state index in [0.29, 0.717) is 33.2 Å². The average Bonchev–Trinajstić information content (AvgIpc) is 3.25. The monoisotopic (exact) mass is 424 g/mol. The SMILES string of the molecule is COc1ccc(N=c2oc3cc(O)ccc3cc2C(=O)NCc2ccco2)cc1Cl. The van der Waals surface area contributed by atoms with Crippen molar-refractivity contribution >= 4 is 34.2 Å². The second-order valence-electron chi connectivity index (χ2n) is 6.38. The summed E-state index contributed by atoms with van der Waals surface area (Å²) in [4.78, 5) is 17.3. The number of methoxy groups -OCH3 is 1. The van der Waals surface area contributed by atoms with E-state index in [1.54, 1.807) is 42.5 Å². The number of phenolic OH excluding ortho intramolecular Hbond substituents is 1. The lowest BCUT2D eigenvalue weighted by molar-refractivity contribution is 0.0944. The van der Waals surface area contributed by atoms with Gasteiger partial charge in [-0.1, -0.05) is 11.6 Å². The molecule has 0 atom stereocenters. The number of furan rings is 1. The van der Waals surface area contributed by atoms with Crippen molar-refractivity contribution < 1.29 is 23.5 Å². The highest BCUT2D eigenvalue weighted by atomic mass is 35.5. The van der Waals surface area contributed by atoms with Crippen LogP contribution in [0, 0.1) is 0 Å². The van der Waals surface area contributed by atoms with Gasteiger partial charge in [0.1, 0.15) is 28.4 Å². The normalized spacial score (nSPS) is 11.6. The maximum Gasteiger partial charge on any atom is 0.257 e. The van der Waals surface area contributed by atoms with Crippen LogP contribution in [0.5, 0.6) is 11.5 Å². The molecule has 2 heterocycles. The summed E-state index contributed by atoms with van der Waals surface area (Å²) in [6.45, 7) is 0.216. The van der Waals surface area contributed by atoms with Crippen molar-refractivity contribution in [2.24, 2.45) is 4.99 Å². The molecule has 2 aromatic carbocycles. The van der Waals surface area contributed by atoms with Gasteiger partial charge >= 0.3 is 0 Å². The number of benzene rings is 2. The summed E-state index contributed by atoms with van der Waals surface area (Å²) in [6, 6.07) is 14.8. The van der Waals surface area contributed by atoms with Crippen LogP contribution >= 0.6 is 11.6 Å². The van der Waals surface area contributed by atoms with Gasteiger partial charge in [-0.3, -0.25) is 4.79 Å². The molecule has 0 spiro atoms. The number of hydrogen-bond donors (Lipinski definition) is 2. The predicted molar refractivity (Wildman–Crippen MR) is 111 cm³/mol. The Labute approximate surface area is 176 Å². The van der Waals surface area contributed by atoms with Gasteiger partial charge in [0.15, 0.2) is 0 Å². The van der Waals surface area contributed by atoms with Gasteiger partial charge in [0, 0.05) is 11.5 Å². The third kappa shape index (κ3) is 4.16. The molecule has 0 aliphatic carbocycles. The highest BCUT2D eigenvalue weighted by Gasteiger charge is 2.14. The molecule has 30 heavy (non-hydrogen) atoms. The number of amides is 1. The first-order valence-electron chi connectivity index (χ1n) is 8.99. The molecular weight excluding hydrogens is 408 g/mol. The Morgan fingerprint density at radius 1 is 1.20 bits per heavy atom. The van der Waals surface area contributed by atoms with Crippen LogP contribution in [0.15, 0.2) is 74.7 Å². The second-order valence-corrected chi connectivity index (χ2v) is 6.79. The van der Waals surface area contributed by atoms with Crippen LogP contribution in [0.1, 0.15) is 16.1 Å². The predicted octanol–water partition coefficient (Wildman–Crippen LogP) is 4.56. The zero-order chi connectivity index (χ0) is 21.1. The molecule has 1 amide bonds. The van der Waals surface area contributed by atoms with E-state index < -0.39 is 0 Å². The molecule has 0 bridgehead atoms. The number of carbonyl (C=O) groups is 1. The van der Waals surface area contributed by atoms with E-state index in [4.69, 9.17) is 25.2 Å². The fourth-order valence-electron chi connectivity index (χ4n) is 2.87. The summed E-state index contributed by atoms with van der Waals surface area (Å²) in [5.74, 6) is 0.780. The smallest absolute Gasteiger partial charge is 0.257 e. The first-order valence-corrected chi connectivity index (χ1v) is 9.37. The van der Waals surface area contributed by atoms with Crippen LogP contribution in [0.4, 0.5) is 5.69 Å². The van der Waals surface area contributed by atoms with Gasteiger partial charge in [0.2, 0.25) is 5.55 Å². The average molecular weight is 425 g/mol. The molecule has 4 rings (SSSR count). The summed E-state index contributed by atoms with van der Waals surface area (Å²) < 4.78 is 16.2. The minimum absolute atomic E-state index is 0.0414. The molecule has 0 radical (unpaired) electrons. The fourth-order valence-corrected chi connectivity index (χ4v) is 3.12. The number of halogens is 1. The molecule has 152 valence electrons. The van der Waals surface area contributed by atoms with E-state index in [-0.39, 0.29) is 29.3 Å². The molecule has 8 heteroatoms. The minimum atomic E-state index is -0.386. The van der Waals surface area contributed by atoms with Crippen LogP contribution in [0.2, 0.25) is 5.02 Å². The number of rotatable bonds is 5. The van der Waals surface area contributed by atoms with Gasteiger partial charge in [-0.15, -0.1) is 0 Å². The first kappa shape index (κ1) is 19.6. The van der Waals surface area contributed by atoms with Crippen LogP contribution in [-0.4, -0.2) is 18.1 Å². The Morgan fingerprint density at radius 2 is 2.07 bits per heavy atom. The number of nitrogens with zero attached hydrogens (tertiary/aromatic N) is 1. The van der Waals surface area contributed by atoms with E-state index in [2.05, 4.69) is 10.3 Å². The van der Waals surface area contributed by atoms with E-state index >= 15 is 0 Å². The van der Waals surface area contributed by atoms with Gasteiger partial charge in [0.05, 0.1) is 30.6 Å². The van der Waals surface area contributed by atoms with Gasteiger partial charge in [-0.2, -0.15) is 0 Å². The van der Waals surface area contributed by atoms with E-state index in [1.165, 1.54) is 25.5 Å². The van der Waals surface area contributed by atoms with Gasteiger partial charge in [-0.05, 0) is 48.5 Å². The number of aromatic hydroxyl groups is 1. The minimum Gasteiger partial charge on any atom is -0.508 e. The quantitative estimate of drug-likeness (QED) is 0.489. The zero-order valence-electron chi connectivity index (χ0n) is 15.9. The number of hydrogen-bond acceptors (Lipinski definition) is 6. The summed E-state index contributed by atoms with van der Waals surface area (Å²) in [5, 5.41) is 13.6. The number of carbonyl (C=O) groups excluding carboxylic acids is 1. The van der Waals surface area contributed by atoms with Crippen LogP contribution in [-0.2, 0) is 6.54 Å². The zero-order valence-corrected chi connectivity index (χ0v) is 16.6. The van der Waals surface area contributed by atoms with E-state index in [1.807, 2.05) is 0 Å². The topological polar surface area (TPSA) is 97.2 Å². The van der Waals surface area contributed by atoms with Crippen molar-refractivity contribution in [2.45, 2.75) is 6.54 Å². The lowest BCUT2D eigenvalue weighted by atomic mass is 10.1. The summed E-state index contributed by atoms with van der Waals surface area (Å²) >= 11 is 6.18. The molecule has 2 N–H and O–H groups in total. The molecule has 0 unspecified atom stereocenters. The highest BCUT2D eigenvalue weighted by Crippen LogP contribution is 2.28. The van der Waals surface area contributed by atoms with Gasteiger partial charge < -0.3 is 24.0 Å². The van der Waals surface area contributed by atoms with Crippen molar-refractivity contribution in [1.29, 1.82) is 0 Å². The van der Waals surface area contributed by atoms with Crippen molar-refractivity contribution in [3.05, 3.63) is 82.8 Å². The molecule has 7 nitrogen and oxygen atoms in total. The second kappa shape index (κ2) is 8.34. The molecule has 0 aliphatic rings. The number of nitrogens with one attached hydrogen (secondary N) is 1. The highest BCUT2D eigenvalue weighted by molar-refractivity contribution is 6.32. The summed E-state index contributed by atoms with van der Waals surface area (Å²) in [5.41, 5.74) is 1.16. The Morgan fingerprint density at radius 3 is 2.80 bits per heavy atom. The van der Waals surface area contributed by atoms with Gasteiger partial charge in [0.25, 0.3) is 5.91 Å². The van der Waals surface area contributed by atoms with Crippen molar-refractivity contribution in [1.82, 2.24) is 5.32 Å². The van der Waals surface area contributed by atoms with Crippen LogP contribution in [0.25, 0.3) is 11.0 Å². The van der Waals surface area contributed by atoms with Crippen LogP contribution < -0.4 is 15.6 Å².